The zero-order valence-corrected chi connectivity index (χ0v) is 12.4. The second-order valence-electron chi connectivity index (χ2n) is 6.69. The lowest BCUT2D eigenvalue weighted by Gasteiger charge is -2.25. The van der Waals surface area contributed by atoms with E-state index in [1.54, 1.807) is 0 Å². The van der Waals surface area contributed by atoms with Crippen molar-refractivity contribution in [1.29, 1.82) is 0 Å². The minimum absolute atomic E-state index is 0.392. The Morgan fingerprint density at radius 3 is 2.11 bits per heavy atom. The molecule has 106 valence electrons. The standard InChI is InChI=1S/C15H26N4/c1-10(2)14-13(16)15(18(3)17-14)19(8-11-4-5-11)9-12-6-7-12/h10-12H,4-9,16H2,1-3H3. The van der Waals surface area contributed by atoms with Crippen molar-refractivity contribution in [2.24, 2.45) is 18.9 Å². The first-order valence-electron chi connectivity index (χ1n) is 7.63. The molecule has 1 aromatic heterocycles. The number of aryl methyl sites for hydroxylation is 1. The van der Waals surface area contributed by atoms with Crippen LogP contribution in [0.25, 0.3) is 0 Å². The van der Waals surface area contributed by atoms with Gasteiger partial charge in [0.2, 0.25) is 0 Å². The summed E-state index contributed by atoms with van der Waals surface area (Å²) in [4.78, 5) is 2.50. The van der Waals surface area contributed by atoms with Crippen LogP contribution in [0.15, 0.2) is 0 Å². The third-order valence-electron chi connectivity index (χ3n) is 4.28. The highest BCUT2D eigenvalue weighted by atomic mass is 15.4. The van der Waals surface area contributed by atoms with Crippen LogP contribution in [0.4, 0.5) is 11.5 Å². The normalized spacial score (nSPS) is 19.2. The van der Waals surface area contributed by atoms with Crippen LogP contribution in [-0.2, 0) is 7.05 Å². The van der Waals surface area contributed by atoms with Gasteiger partial charge in [-0.3, -0.25) is 4.68 Å². The molecule has 0 bridgehead atoms. The van der Waals surface area contributed by atoms with Gasteiger partial charge in [0, 0.05) is 20.1 Å². The lowest BCUT2D eigenvalue weighted by Crippen LogP contribution is -2.30. The van der Waals surface area contributed by atoms with Crippen LogP contribution in [0.1, 0.15) is 51.1 Å². The molecule has 2 fully saturated rings. The van der Waals surface area contributed by atoms with E-state index < -0.39 is 0 Å². The summed E-state index contributed by atoms with van der Waals surface area (Å²) in [6.07, 6.45) is 5.54. The lowest BCUT2D eigenvalue weighted by molar-refractivity contribution is 0.636. The van der Waals surface area contributed by atoms with Crippen molar-refractivity contribution in [3.8, 4) is 0 Å². The van der Waals surface area contributed by atoms with E-state index in [1.807, 2.05) is 11.7 Å². The van der Waals surface area contributed by atoms with E-state index >= 15 is 0 Å². The van der Waals surface area contributed by atoms with Gasteiger partial charge < -0.3 is 10.6 Å². The predicted octanol–water partition coefficient (Wildman–Crippen LogP) is 2.75. The van der Waals surface area contributed by atoms with E-state index in [-0.39, 0.29) is 0 Å². The number of anilines is 2. The largest absolute Gasteiger partial charge is 0.394 e. The quantitative estimate of drug-likeness (QED) is 0.857. The summed E-state index contributed by atoms with van der Waals surface area (Å²) < 4.78 is 2.00. The van der Waals surface area contributed by atoms with E-state index in [1.165, 1.54) is 25.7 Å². The van der Waals surface area contributed by atoms with Crippen LogP contribution in [0.3, 0.4) is 0 Å². The lowest BCUT2D eigenvalue weighted by atomic mass is 10.1. The third-order valence-corrected chi connectivity index (χ3v) is 4.28. The molecule has 2 aliphatic rings. The number of hydrogen-bond acceptors (Lipinski definition) is 3. The van der Waals surface area contributed by atoms with Gasteiger partial charge in [-0.2, -0.15) is 5.10 Å². The third kappa shape index (κ3) is 2.72. The van der Waals surface area contributed by atoms with Crippen LogP contribution in [-0.4, -0.2) is 22.9 Å². The van der Waals surface area contributed by atoms with E-state index in [9.17, 15) is 0 Å². The highest BCUT2D eigenvalue weighted by molar-refractivity contribution is 5.67. The van der Waals surface area contributed by atoms with E-state index in [0.717, 1.165) is 42.1 Å². The number of nitrogens with zero attached hydrogens (tertiary/aromatic N) is 3. The van der Waals surface area contributed by atoms with Crippen LogP contribution in [0.2, 0.25) is 0 Å². The van der Waals surface area contributed by atoms with Crippen molar-refractivity contribution in [3.05, 3.63) is 5.69 Å². The summed E-state index contributed by atoms with van der Waals surface area (Å²) >= 11 is 0. The van der Waals surface area contributed by atoms with Gasteiger partial charge in [0.05, 0.1) is 11.4 Å². The van der Waals surface area contributed by atoms with Crippen molar-refractivity contribution in [1.82, 2.24) is 9.78 Å². The van der Waals surface area contributed by atoms with Crippen LogP contribution in [0.5, 0.6) is 0 Å². The Balaban J connectivity index is 1.86. The fourth-order valence-electron chi connectivity index (χ4n) is 2.82. The fourth-order valence-corrected chi connectivity index (χ4v) is 2.82. The van der Waals surface area contributed by atoms with Gasteiger partial charge in [-0.1, -0.05) is 13.8 Å². The number of hydrogen-bond donors (Lipinski definition) is 1. The number of nitrogens with two attached hydrogens (primary N) is 1. The minimum Gasteiger partial charge on any atom is -0.394 e. The summed E-state index contributed by atoms with van der Waals surface area (Å²) in [6.45, 7) is 6.65. The van der Waals surface area contributed by atoms with E-state index in [4.69, 9.17) is 5.73 Å². The molecule has 2 aliphatic carbocycles. The van der Waals surface area contributed by atoms with Crippen LogP contribution in [0, 0.1) is 11.8 Å². The molecule has 0 unspecified atom stereocenters. The second-order valence-corrected chi connectivity index (χ2v) is 6.69. The predicted molar refractivity (Wildman–Crippen MR) is 79.4 cm³/mol. The first-order valence-corrected chi connectivity index (χ1v) is 7.63. The highest BCUT2D eigenvalue weighted by Gasteiger charge is 2.32. The van der Waals surface area contributed by atoms with E-state index in [2.05, 4.69) is 23.8 Å². The van der Waals surface area contributed by atoms with Gasteiger partial charge in [-0.05, 0) is 43.4 Å². The maximum atomic E-state index is 6.37. The molecular weight excluding hydrogens is 236 g/mol. The monoisotopic (exact) mass is 262 g/mol. The van der Waals surface area contributed by atoms with Crippen molar-refractivity contribution in [3.63, 3.8) is 0 Å². The van der Waals surface area contributed by atoms with Gasteiger partial charge in [-0.25, -0.2) is 0 Å². The molecule has 0 aliphatic heterocycles. The van der Waals surface area contributed by atoms with Crippen LogP contribution < -0.4 is 10.6 Å². The molecule has 1 heterocycles. The summed E-state index contributed by atoms with van der Waals surface area (Å²) in [5.41, 5.74) is 8.33. The zero-order valence-electron chi connectivity index (χ0n) is 12.4. The number of nitrogen functional groups attached to an aromatic ring is 1. The smallest absolute Gasteiger partial charge is 0.150 e. The maximum absolute atomic E-state index is 6.37. The van der Waals surface area contributed by atoms with Gasteiger partial charge in [0.1, 0.15) is 5.82 Å². The average Bonchev–Trinajstić information content (AvgIpc) is 3.22. The molecule has 0 amide bonds. The first-order chi connectivity index (χ1) is 9.06. The summed E-state index contributed by atoms with van der Waals surface area (Å²) in [5.74, 6) is 3.32. The molecule has 0 atom stereocenters. The maximum Gasteiger partial charge on any atom is 0.150 e. The number of aromatic nitrogens is 2. The molecule has 0 spiro atoms. The van der Waals surface area contributed by atoms with Crippen LogP contribution >= 0.6 is 0 Å². The molecule has 1 aromatic rings. The Labute approximate surface area is 116 Å². The highest BCUT2D eigenvalue weighted by Crippen LogP contribution is 2.38. The Kier molecular flexibility index (Phi) is 3.19. The molecular formula is C15H26N4. The van der Waals surface area contributed by atoms with Crippen molar-refractivity contribution >= 4 is 11.5 Å². The Hall–Kier alpha value is -1.19. The zero-order chi connectivity index (χ0) is 13.6. The fraction of sp³-hybridized carbons (Fsp3) is 0.800. The average molecular weight is 262 g/mol. The first kappa shape index (κ1) is 12.8. The second kappa shape index (κ2) is 4.73. The Morgan fingerprint density at radius 2 is 1.74 bits per heavy atom. The molecule has 19 heavy (non-hydrogen) atoms. The minimum atomic E-state index is 0.392. The number of rotatable bonds is 6. The molecule has 4 nitrogen and oxygen atoms in total. The Morgan fingerprint density at radius 1 is 1.21 bits per heavy atom. The van der Waals surface area contributed by atoms with E-state index in [0.29, 0.717) is 5.92 Å². The van der Waals surface area contributed by atoms with Crippen molar-refractivity contribution in [2.75, 3.05) is 23.7 Å². The molecule has 2 N–H and O–H groups in total. The molecule has 3 rings (SSSR count). The topological polar surface area (TPSA) is 47.1 Å². The molecule has 0 saturated heterocycles. The summed E-state index contributed by atoms with van der Waals surface area (Å²) in [5, 5.41) is 4.64. The van der Waals surface area contributed by atoms with Gasteiger partial charge in [-0.15, -0.1) is 0 Å². The molecule has 2 saturated carbocycles. The molecule has 0 aromatic carbocycles. The van der Waals surface area contributed by atoms with Crippen molar-refractivity contribution < 1.29 is 0 Å². The van der Waals surface area contributed by atoms with Gasteiger partial charge >= 0.3 is 0 Å². The SMILES string of the molecule is CC(C)c1nn(C)c(N(CC2CC2)CC2CC2)c1N. The molecule has 4 heteroatoms. The Bertz CT molecular complexity index is 441. The summed E-state index contributed by atoms with van der Waals surface area (Å²) in [7, 11) is 2.03. The van der Waals surface area contributed by atoms with Gasteiger partial charge in [0.25, 0.3) is 0 Å². The van der Waals surface area contributed by atoms with Crippen molar-refractivity contribution in [2.45, 2.75) is 45.4 Å². The van der Waals surface area contributed by atoms with Gasteiger partial charge in [0.15, 0.2) is 0 Å². The summed E-state index contributed by atoms with van der Waals surface area (Å²) in [6, 6.07) is 0. The molecule has 0 radical (unpaired) electrons.